The molecule has 0 aliphatic heterocycles. The fourth-order valence-electron chi connectivity index (χ4n) is 2.21. The number of rotatable bonds is 3. The van der Waals surface area contributed by atoms with E-state index in [1.165, 1.54) is 4.57 Å². The second kappa shape index (κ2) is 7.07. The highest BCUT2D eigenvalue weighted by atomic mass is 35.5. The van der Waals surface area contributed by atoms with Crippen LogP contribution in [0.25, 0.3) is 11.1 Å². The lowest BCUT2D eigenvalue weighted by Crippen LogP contribution is -2.30. The van der Waals surface area contributed by atoms with E-state index in [0.29, 0.717) is 21.7 Å². The van der Waals surface area contributed by atoms with Gasteiger partial charge in [0.2, 0.25) is 5.91 Å². The molecule has 0 bridgehead atoms. The molecule has 1 aromatic heterocycles. The van der Waals surface area contributed by atoms with E-state index in [4.69, 9.17) is 16.0 Å². The molecule has 0 spiro atoms. The van der Waals surface area contributed by atoms with E-state index in [-0.39, 0.29) is 19.0 Å². The van der Waals surface area contributed by atoms with Gasteiger partial charge in [0.05, 0.1) is 17.1 Å². The quantitative estimate of drug-likeness (QED) is 0.745. The highest BCUT2D eigenvalue weighted by Gasteiger charge is 2.11. The molecule has 0 aliphatic carbocycles. The molecule has 5 nitrogen and oxygen atoms in total. The van der Waals surface area contributed by atoms with Crippen LogP contribution in [0.15, 0.2) is 57.7 Å². The zero-order valence-corrected chi connectivity index (χ0v) is 13.3. The maximum absolute atomic E-state index is 12.0. The Labute approximate surface area is 142 Å². The van der Waals surface area contributed by atoms with Crippen molar-refractivity contribution in [2.24, 2.45) is 0 Å². The molecular weight excluding hydrogens is 328 g/mol. The first-order valence-corrected chi connectivity index (χ1v) is 7.61. The number of nitrogens with zero attached hydrogens (tertiary/aromatic N) is 1. The molecule has 24 heavy (non-hydrogen) atoms. The molecule has 0 aliphatic rings. The van der Waals surface area contributed by atoms with E-state index in [1.54, 1.807) is 36.4 Å². The number of benzene rings is 2. The van der Waals surface area contributed by atoms with Gasteiger partial charge in [0, 0.05) is 5.56 Å². The maximum Gasteiger partial charge on any atom is 0.420 e. The van der Waals surface area contributed by atoms with Crippen LogP contribution in [-0.2, 0) is 11.3 Å². The number of para-hydroxylation sites is 2. The van der Waals surface area contributed by atoms with Crippen LogP contribution in [0.5, 0.6) is 0 Å². The number of hydrogen-bond acceptors (Lipinski definition) is 3. The molecule has 2 aromatic carbocycles. The van der Waals surface area contributed by atoms with Crippen molar-refractivity contribution < 1.29 is 9.21 Å². The first kappa shape index (κ1) is 15.9. The lowest BCUT2D eigenvalue weighted by atomic mass is 10.2. The molecule has 1 N–H and O–H groups in total. The SMILES string of the molecule is O=C(Cn1c(=O)oc2ccccc21)NCC#Cc1ccccc1Cl. The smallest absolute Gasteiger partial charge is 0.408 e. The van der Waals surface area contributed by atoms with Gasteiger partial charge in [-0.05, 0) is 24.3 Å². The second-order valence-electron chi connectivity index (χ2n) is 4.98. The molecule has 120 valence electrons. The molecule has 0 atom stereocenters. The summed E-state index contributed by atoms with van der Waals surface area (Å²) in [7, 11) is 0. The summed E-state index contributed by atoms with van der Waals surface area (Å²) in [6.07, 6.45) is 0. The highest BCUT2D eigenvalue weighted by molar-refractivity contribution is 6.31. The zero-order valence-electron chi connectivity index (χ0n) is 12.6. The predicted octanol–water partition coefficient (Wildman–Crippen LogP) is 2.42. The summed E-state index contributed by atoms with van der Waals surface area (Å²) in [5.74, 6) is 4.83. The van der Waals surface area contributed by atoms with Gasteiger partial charge in [-0.3, -0.25) is 9.36 Å². The van der Waals surface area contributed by atoms with E-state index in [9.17, 15) is 9.59 Å². The molecular formula is C18H13ClN2O3. The third-order valence-electron chi connectivity index (χ3n) is 3.35. The molecule has 1 heterocycles. The Morgan fingerprint density at radius 2 is 1.92 bits per heavy atom. The summed E-state index contributed by atoms with van der Waals surface area (Å²) >= 11 is 6.00. The Bertz CT molecular complexity index is 1010. The van der Waals surface area contributed by atoms with E-state index < -0.39 is 5.76 Å². The average Bonchev–Trinajstić information content (AvgIpc) is 2.89. The third kappa shape index (κ3) is 3.50. The van der Waals surface area contributed by atoms with Crippen LogP contribution in [0.1, 0.15) is 5.56 Å². The van der Waals surface area contributed by atoms with Gasteiger partial charge in [-0.25, -0.2) is 4.79 Å². The van der Waals surface area contributed by atoms with Crippen LogP contribution in [0.2, 0.25) is 5.02 Å². The molecule has 3 aromatic rings. The monoisotopic (exact) mass is 340 g/mol. The maximum atomic E-state index is 12.0. The van der Waals surface area contributed by atoms with Gasteiger partial charge >= 0.3 is 5.76 Å². The van der Waals surface area contributed by atoms with E-state index in [0.717, 1.165) is 0 Å². The van der Waals surface area contributed by atoms with Crippen LogP contribution in [-0.4, -0.2) is 17.0 Å². The minimum absolute atomic E-state index is 0.121. The first-order chi connectivity index (χ1) is 11.6. The summed E-state index contributed by atoms with van der Waals surface area (Å²) in [5.41, 5.74) is 1.74. The normalized spacial score (nSPS) is 10.2. The van der Waals surface area contributed by atoms with Crippen LogP contribution in [0.3, 0.4) is 0 Å². The summed E-state index contributed by atoms with van der Waals surface area (Å²) in [6.45, 7) is 0.0399. The van der Waals surface area contributed by atoms with Crippen molar-refractivity contribution in [3.63, 3.8) is 0 Å². The summed E-state index contributed by atoms with van der Waals surface area (Å²) in [5, 5.41) is 3.21. The van der Waals surface area contributed by atoms with Crippen LogP contribution >= 0.6 is 11.6 Å². The molecule has 0 unspecified atom stereocenters. The largest absolute Gasteiger partial charge is 0.420 e. The lowest BCUT2D eigenvalue weighted by Gasteiger charge is -2.02. The van der Waals surface area contributed by atoms with Crippen molar-refractivity contribution >= 4 is 28.6 Å². The van der Waals surface area contributed by atoms with E-state index in [1.807, 2.05) is 12.1 Å². The van der Waals surface area contributed by atoms with Crippen LogP contribution in [0.4, 0.5) is 0 Å². The molecule has 6 heteroatoms. The fourth-order valence-corrected chi connectivity index (χ4v) is 2.39. The zero-order chi connectivity index (χ0) is 16.9. The second-order valence-corrected chi connectivity index (χ2v) is 5.39. The number of oxazole rings is 1. The molecule has 3 rings (SSSR count). The predicted molar refractivity (Wildman–Crippen MR) is 91.8 cm³/mol. The minimum atomic E-state index is -0.562. The summed E-state index contributed by atoms with van der Waals surface area (Å²) in [6, 6.07) is 14.2. The average molecular weight is 341 g/mol. The molecule has 0 radical (unpaired) electrons. The molecule has 1 amide bonds. The molecule has 0 fully saturated rings. The lowest BCUT2D eigenvalue weighted by molar-refractivity contribution is -0.121. The summed E-state index contributed by atoms with van der Waals surface area (Å²) in [4.78, 5) is 23.8. The number of amides is 1. The van der Waals surface area contributed by atoms with Crippen molar-refractivity contribution in [2.75, 3.05) is 6.54 Å². The highest BCUT2D eigenvalue weighted by Crippen LogP contribution is 2.13. The Balaban J connectivity index is 1.63. The van der Waals surface area contributed by atoms with Gasteiger partial charge in [-0.2, -0.15) is 0 Å². The number of carbonyl (C=O) groups excluding carboxylic acids is 1. The number of aromatic nitrogens is 1. The number of hydrogen-bond donors (Lipinski definition) is 1. The molecule has 0 saturated heterocycles. The first-order valence-electron chi connectivity index (χ1n) is 7.23. The van der Waals surface area contributed by atoms with Crippen molar-refractivity contribution in [3.8, 4) is 11.8 Å². The van der Waals surface area contributed by atoms with Gasteiger partial charge in [-0.1, -0.05) is 47.7 Å². The van der Waals surface area contributed by atoms with Crippen molar-refractivity contribution in [1.29, 1.82) is 0 Å². The number of nitrogens with one attached hydrogen (secondary N) is 1. The Morgan fingerprint density at radius 1 is 1.17 bits per heavy atom. The minimum Gasteiger partial charge on any atom is -0.408 e. The molecule has 0 saturated carbocycles. The van der Waals surface area contributed by atoms with E-state index >= 15 is 0 Å². The van der Waals surface area contributed by atoms with Gasteiger partial charge in [0.1, 0.15) is 6.54 Å². The van der Waals surface area contributed by atoms with Gasteiger partial charge in [-0.15, -0.1) is 0 Å². The topological polar surface area (TPSA) is 64.2 Å². The van der Waals surface area contributed by atoms with Gasteiger partial charge < -0.3 is 9.73 Å². The Hall–Kier alpha value is -2.97. The fraction of sp³-hybridized carbons (Fsp3) is 0.111. The number of carbonyl (C=O) groups is 1. The van der Waals surface area contributed by atoms with E-state index in [2.05, 4.69) is 17.2 Å². The Morgan fingerprint density at radius 3 is 2.75 bits per heavy atom. The van der Waals surface area contributed by atoms with Gasteiger partial charge in [0.15, 0.2) is 5.58 Å². The third-order valence-corrected chi connectivity index (χ3v) is 3.68. The van der Waals surface area contributed by atoms with Crippen LogP contribution in [0, 0.1) is 11.8 Å². The Kier molecular flexibility index (Phi) is 4.69. The number of halogens is 1. The van der Waals surface area contributed by atoms with Crippen LogP contribution < -0.4 is 11.1 Å². The van der Waals surface area contributed by atoms with Crippen molar-refractivity contribution in [2.45, 2.75) is 6.54 Å². The van der Waals surface area contributed by atoms with Crippen molar-refractivity contribution in [3.05, 3.63) is 69.7 Å². The standard InChI is InChI=1S/C18H13ClN2O3/c19-14-8-2-1-6-13(14)7-5-11-20-17(22)12-21-15-9-3-4-10-16(15)24-18(21)23/h1-4,6,8-10H,11-12H2,(H,20,22). The van der Waals surface area contributed by atoms with Gasteiger partial charge in [0.25, 0.3) is 0 Å². The van der Waals surface area contributed by atoms with Crippen molar-refractivity contribution in [1.82, 2.24) is 9.88 Å². The number of fused-ring (bicyclic) bond motifs is 1. The summed E-state index contributed by atoms with van der Waals surface area (Å²) < 4.78 is 6.37.